The van der Waals surface area contributed by atoms with Crippen LogP contribution in [0.1, 0.15) is 19.4 Å². The van der Waals surface area contributed by atoms with Gasteiger partial charge in [-0.15, -0.1) is 0 Å². The lowest BCUT2D eigenvalue weighted by atomic mass is 9.97. The number of aliphatic hydroxyl groups is 1. The van der Waals surface area contributed by atoms with Crippen LogP contribution >= 0.6 is 0 Å². The van der Waals surface area contributed by atoms with Crippen molar-refractivity contribution in [2.75, 3.05) is 0 Å². The molecule has 0 aliphatic rings. The number of hydrogen-bond acceptors (Lipinski definition) is 2. The highest BCUT2D eigenvalue weighted by molar-refractivity contribution is 5.37. The molecular formula is C9H11FO2. The molecule has 0 fully saturated rings. The first-order valence-electron chi connectivity index (χ1n) is 3.63. The Kier molecular flexibility index (Phi) is 2.06. The standard InChI is InChI=1S/C9H11FO2/c1-9(2,12)8-6(10)4-3-5-7(8)11/h3-5,11-12H,1-2H3. The minimum absolute atomic E-state index is 0.0648. The van der Waals surface area contributed by atoms with Crippen molar-refractivity contribution in [2.24, 2.45) is 0 Å². The minimum atomic E-state index is -1.35. The first-order chi connectivity index (χ1) is 5.43. The van der Waals surface area contributed by atoms with Crippen molar-refractivity contribution in [1.29, 1.82) is 0 Å². The molecule has 3 heteroatoms. The van der Waals surface area contributed by atoms with Crippen LogP contribution in [-0.4, -0.2) is 10.2 Å². The maximum absolute atomic E-state index is 13.0. The van der Waals surface area contributed by atoms with Crippen molar-refractivity contribution >= 4 is 0 Å². The third-order valence-corrected chi connectivity index (χ3v) is 1.60. The molecule has 12 heavy (non-hydrogen) atoms. The molecule has 1 aromatic rings. The Morgan fingerprint density at radius 2 is 1.92 bits per heavy atom. The van der Waals surface area contributed by atoms with Crippen molar-refractivity contribution in [3.8, 4) is 5.75 Å². The first-order valence-corrected chi connectivity index (χ1v) is 3.63. The molecule has 0 saturated heterocycles. The SMILES string of the molecule is CC(C)(O)c1c(O)cccc1F. The number of hydrogen-bond donors (Lipinski definition) is 2. The van der Waals surface area contributed by atoms with Crippen LogP contribution in [-0.2, 0) is 5.60 Å². The number of phenolic OH excluding ortho intramolecular Hbond substituents is 1. The van der Waals surface area contributed by atoms with E-state index in [4.69, 9.17) is 0 Å². The van der Waals surface area contributed by atoms with Crippen LogP contribution in [0.4, 0.5) is 4.39 Å². The van der Waals surface area contributed by atoms with Crippen LogP contribution in [0.25, 0.3) is 0 Å². The van der Waals surface area contributed by atoms with Gasteiger partial charge in [0.05, 0.1) is 11.2 Å². The topological polar surface area (TPSA) is 40.5 Å². The average Bonchev–Trinajstić information content (AvgIpc) is 1.82. The molecule has 1 rings (SSSR count). The molecule has 2 nitrogen and oxygen atoms in total. The molecule has 0 aliphatic carbocycles. The number of halogens is 1. The van der Waals surface area contributed by atoms with Gasteiger partial charge in [0.25, 0.3) is 0 Å². The molecule has 0 saturated carbocycles. The summed E-state index contributed by atoms with van der Waals surface area (Å²) >= 11 is 0. The number of phenols is 1. The molecule has 0 spiro atoms. The Bertz CT molecular complexity index is 269. The van der Waals surface area contributed by atoms with E-state index >= 15 is 0 Å². The number of benzene rings is 1. The minimum Gasteiger partial charge on any atom is -0.507 e. The van der Waals surface area contributed by atoms with Gasteiger partial charge >= 0.3 is 0 Å². The van der Waals surface area contributed by atoms with E-state index in [-0.39, 0.29) is 11.3 Å². The van der Waals surface area contributed by atoms with E-state index < -0.39 is 11.4 Å². The fourth-order valence-corrected chi connectivity index (χ4v) is 1.12. The third-order valence-electron chi connectivity index (χ3n) is 1.60. The normalized spacial score (nSPS) is 11.7. The van der Waals surface area contributed by atoms with Crippen molar-refractivity contribution in [3.05, 3.63) is 29.6 Å². The predicted molar refractivity (Wildman–Crippen MR) is 43.3 cm³/mol. The van der Waals surface area contributed by atoms with E-state index in [0.717, 1.165) is 0 Å². The highest BCUT2D eigenvalue weighted by Gasteiger charge is 2.23. The lowest BCUT2D eigenvalue weighted by Gasteiger charge is -2.19. The van der Waals surface area contributed by atoms with Crippen LogP contribution < -0.4 is 0 Å². The molecule has 0 unspecified atom stereocenters. The van der Waals surface area contributed by atoms with Gasteiger partial charge in [0.1, 0.15) is 11.6 Å². The summed E-state index contributed by atoms with van der Waals surface area (Å²) in [6.07, 6.45) is 0. The zero-order valence-corrected chi connectivity index (χ0v) is 7.00. The second-order valence-electron chi connectivity index (χ2n) is 3.19. The maximum atomic E-state index is 13.0. The Morgan fingerprint density at radius 3 is 2.25 bits per heavy atom. The van der Waals surface area contributed by atoms with E-state index in [9.17, 15) is 14.6 Å². The smallest absolute Gasteiger partial charge is 0.132 e. The maximum Gasteiger partial charge on any atom is 0.132 e. The quantitative estimate of drug-likeness (QED) is 0.674. The number of aromatic hydroxyl groups is 1. The fraction of sp³-hybridized carbons (Fsp3) is 0.333. The van der Waals surface area contributed by atoms with E-state index in [0.29, 0.717) is 0 Å². The van der Waals surface area contributed by atoms with Crippen LogP contribution in [0.5, 0.6) is 5.75 Å². The largest absolute Gasteiger partial charge is 0.507 e. The van der Waals surface area contributed by atoms with Crippen LogP contribution in [0.3, 0.4) is 0 Å². The van der Waals surface area contributed by atoms with Crippen molar-refractivity contribution in [3.63, 3.8) is 0 Å². The molecular weight excluding hydrogens is 159 g/mol. The van der Waals surface area contributed by atoms with E-state index in [1.54, 1.807) is 0 Å². The molecule has 0 atom stereocenters. The van der Waals surface area contributed by atoms with Gasteiger partial charge in [0.2, 0.25) is 0 Å². The molecule has 1 aromatic carbocycles. The monoisotopic (exact) mass is 170 g/mol. The lowest BCUT2D eigenvalue weighted by Crippen LogP contribution is -2.17. The second kappa shape index (κ2) is 2.75. The van der Waals surface area contributed by atoms with E-state index in [1.165, 1.54) is 32.0 Å². The van der Waals surface area contributed by atoms with Gasteiger partial charge in [-0.25, -0.2) is 4.39 Å². The molecule has 66 valence electrons. The van der Waals surface area contributed by atoms with Gasteiger partial charge in [-0.1, -0.05) is 6.07 Å². The first kappa shape index (κ1) is 9.00. The van der Waals surface area contributed by atoms with Crippen molar-refractivity contribution in [2.45, 2.75) is 19.4 Å². The fourth-order valence-electron chi connectivity index (χ4n) is 1.12. The molecule has 0 bridgehead atoms. The van der Waals surface area contributed by atoms with Gasteiger partial charge in [-0.05, 0) is 26.0 Å². The van der Waals surface area contributed by atoms with Crippen LogP contribution in [0, 0.1) is 5.82 Å². The Hall–Kier alpha value is -1.09. The zero-order valence-electron chi connectivity index (χ0n) is 7.00. The van der Waals surface area contributed by atoms with Gasteiger partial charge in [0, 0.05) is 0 Å². The molecule has 0 aliphatic heterocycles. The van der Waals surface area contributed by atoms with Gasteiger partial charge in [-0.3, -0.25) is 0 Å². The van der Waals surface area contributed by atoms with Crippen molar-refractivity contribution < 1.29 is 14.6 Å². The van der Waals surface area contributed by atoms with Crippen LogP contribution in [0.15, 0.2) is 18.2 Å². The summed E-state index contributed by atoms with van der Waals surface area (Å²) in [5, 5.41) is 18.7. The second-order valence-corrected chi connectivity index (χ2v) is 3.19. The van der Waals surface area contributed by atoms with E-state index in [2.05, 4.69) is 0 Å². The van der Waals surface area contributed by atoms with Crippen molar-refractivity contribution in [1.82, 2.24) is 0 Å². The van der Waals surface area contributed by atoms with Gasteiger partial charge in [0.15, 0.2) is 0 Å². The Labute approximate surface area is 70.3 Å². The summed E-state index contributed by atoms with van der Waals surface area (Å²) in [4.78, 5) is 0. The Morgan fingerprint density at radius 1 is 1.33 bits per heavy atom. The predicted octanol–water partition coefficient (Wildman–Crippen LogP) is 1.76. The summed E-state index contributed by atoms with van der Waals surface area (Å²) in [6, 6.07) is 3.93. The molecule has 0 heterocycles. The number of rotatable bonds is 1. The Balaban J connectivity index is 3.31. The summed E-state index contributed by atoms with van der Waals surface area (Å²) in [6.45, 7) is 2.84. The third kappa shape index (κ3) is 1.56. The molecule has 0 amide bonds. The average molecular weight is 170 g/mol. The van der Waals surface area contributed by atoms with E-state index in [1.807, 2.05) is 0 Å². The summed E-state index contributed by atoms with van der Waals surface area (Å²) in [7, 11) is 0. The highest BCUT2D eigenvalue weighted by atomic mass is 19.1. The highest BCUT2D eigenvalue weighted by Crippen LogP contribution is 2.30. The summed E-state index contributed by atoms with van der Waals surface area (Å²) in [5.41, 5.74) is -1.42. The molecule has 0 aromatic heterocycles. The lowest BCUT2D eigenvalue weighted by molar-refractivity contribution is 0.0716. The molecule has 0 radical (unpaired) electrons. The van der Waals surface area contributed by atoms with Gasteiger partial charge < -0.3 is 10.2 Å². The van der Waals surface area contributed by atoms with Gasteiger partial charge in [-0.2, -0.15) is 0 Å². The summed E-state index contributed by atoms with van der Waals surface area (Å²) in [5.74, 6) is -0.815. The zero-order chi connectivity index (χ0) is 9.35. The summed E-state index contributed by atoms with van der Waals surface area (Å²) < 4.78 is 13.0. The molecule has 2 N–H and O–H groups in total. The van der Waals surface area contributed by atoms with Crippen LogP contribution in [0.2, 0.25) is 0 Å².